The summed E-state index contributed by atoms with van der Waals surface area (Å²) in [5, 5.41) is 0. The maximum atomic E-state index is 6.12. The highest BCUT2D eigenvalue weighted by Crippen LogP contribution is 2.39. The van der Waals surface area contributed by atoms with E-state index in [0.29, 0.717) is 0 Å². The van der Waals surface area contributed by atoms with Crippen molar-refractivity contribution in [3.63, 3.8) is 0 Å². The third-order valence-corrected chi connectivity index (χ3v) is 5.05. The van der Waals surface area contributed by atoms with Crippen LogP contribution in [-0.2, 0) is 0 Å². The normalized spacial score (nSPS) is 35.6. The molecular weight excluding hydrogens is 216 g/mol. The third-order valence-electron chi connectivity index (χ3n) is 4.46. The summed E-state index contributed by atoms with van der Waals surface area (Å²) in [5.41, 5.74) is 6.37. The van der Waals surface area contributed by atoms with Crippen molar-refractivity contribution >= 4 is 11.8 Å². The Labute approximate surface area is 105 Å². The van der Waals surface area contributed by atoms with E-state index in [2.05, 4.69) is 32.1 Å². The molecule has 0 amide bonds. The average molecular weight is 244 g/mol. The zero-order valence-corrected chi connectivity index (χ0v) is 12.1. The minimum Gasteiger partial charge on any atom is -0.329 e. The topological polar surface area (TPSA) is 29.3 Å². The van der Waals surface area contributed by atoms with Crippen molar-refractivity contribution in [2.75, 3.05) is 32.1 Å². The quantitative estimate of drug-likeness (QED) is 0.805. The SMILES string of the molecule is CSCCN(C)C1(CN)CC(C)CCC1C. The number of nitrogens with zero attached hydrogens (tertiary/aromatic N) is 1. The number of thioether (sulfide) groups is 1. The van der Waals surface area contributed by atoms with Crippen LogP contribution in [0.3, 0.4) is 0 Å². The third kappa shape index (κ3) is 2.93. The monoisotopic (exact) mass is 244 g/mol. The number of rotatable bonds is 5. The van der Waals surface area contributed by atoms with Gasteiger partial charge in [-0.25, -0.2) is 0 Å². The van der Waals surface area contributed by atoms with E-state index in [4.69, 9.17) is 5.73 Å². The lowest BCUT2D eigenvalue weighted by Crippen LogP contribution is -2.59. The van der Waals surface area contributed by atoms with E-state index < -0.39 is 0 Å². The fraction of sp³-hybridized carbons (Fsp3) is 1.00. The van der Waals surface area contributed by atoms with Crippen LogP contribution >= 0.6 is 11.8 Å². The van der Waals surface area contributed by atoms with E-state index in [-0.39, 0.29) is 5.54 Å². The highest BCUT2D eigenvalue weighted by atomic mass is 32.2. The standard InChI is InChI=1S/C13H28N2S/c1-11-5-6-12(2)13(9-11,10-14)15(3)7-8-16-4/h11-12H,5-10,14H2,1-4H3. The Morgan fingerprint density at radius 1 is 1.38 bits per heavy atom. The van der Waals surface area contributed by atoms with E-state index in [0.717, 1.165) is 24.9 Å². The molecule has 0 radical (unpaired) electrons. The Morgan fingerprint density at radius 2 is 2.06 bits per heavy atom. The molecule has 0 saturated heterocycles. The predicted octanol–water partition coefficient (Wildman–Crippen LogP) is 2.43. The van der Waals surface area contributed by atoms with Crippen molar-refractivity contribution in [2.24, 2.45) is 17.6 Å². The molecule has 3 atom stereocenters. The fourth-order valence-electron chi connectivity index (χ4n) is 3.13. The lowest BCUT2D eigenvalue weighted by atomic mass is 9.69. The van der Waals surface area contributed by atoms with Crippen molar-refractivity contribution in [1.82, 2.24) is 4.90 Å². The number of likely N-dealkylation sites (N-methyl/N-ethyl adjacent to an activating group) is 1. The maximum absolute atomic E-state index is 6.12. The smallest absolute Gasteiger partial charge is 0.0357 e. The predicted molar refractivity (Wildman–Crippen MR) is 75.0 cm³/mol. The van der Waals surface area contributed by atoms with Gasteiger partial charge in [-0.1, -0.05) is 20.3 Å². The molecule has 0 aromatic rings. The van der Waals surface area contributed by atoms with Gasteiger partial charge in [-0.3, -0.25) is 4.90 Å². The van der Waals surface area contributed by atoms with Crippen LogP contribution in [0.15, 0.2) is 0 Å². The van der Waals surface area contributed by atoms with Gasteiger partial charge in [0.15, 0.2) is 0 Å². The van der Waals surface area contributed by atoms with Gasteiger partial charge in [-0.2, -0.15) is 11.8 Å². The van der Waals surface area contributed by atoms with Crippen molar-refractivity contribution in [2.45, 2.75) is 38.6 Å². The second kappa shape index (κ2) is 6.27. The minimum absolute atomic E-state index is 0.257. The summed E-state index contributed by atoms with van der Waals surface area (Å²) in [4.78, 5) is 2.53. The first-order chi connectivity index (χ1) is 7.56. The van der Waals surface area contributed by atoms with Crippen LogP contribution in [0.4, 0.5) is 0 Å². The first-order valence-corrected chi connectivity index (χ1v) is 7.86. The molecular formula is C13H28N2S. The van der Waals surface area contributed by atoms with Crippen LogP contribution in [0, 0.1) is 11.8 Å². The van der Waals surface area contributed by atoms with Gasteiger partial charge < -0.3 is 5.73 Å². The number of nitrogens with two attached hydrogens (primary N) is 1. The molecule has 2 N–H and O–H groups in total. The molecule has 0 bridgehead atoms. The molecule has 96 valence electrons. The summed E-state index contributed by atoms with van der Waals surface area (Å²) < 4.78 is 0. The Hall–Kier alpha value is 0.270. The van der Waals surface area contributed by atoms with Crippen LogP contribution < -0.4 is 5.73 Å². The zero-order valence-electron chi connectivity index (χ0n) is 11.3. The minimum atomic E-state index is 0.257. The van der Waals surface area contributed by atoms with Crippen molar-refractivity contribution < 1.29 is 0 Å². The molecule has 0 spiro atoms. The lowest BCUT2D eigenvalue weighted by Gasteiger charge is -2.50. The Morgan fingerprint density at radius 3 is 2.62 bits per heavy atom. The zero-order chi connectivity index (χ0) is 12.2. The van der Waals surface area contributed by atoms with E-state index in [1.807, 2.05) is 11.8 Å². The van der Waals surface area contributed by atoms with Gasteiger partial charge in [0.25, 0.3) is 0 Å². The Balaban J connectivity index is 2.72. The van der Waals surface area contributed by atoms with E-state index >= 15 is 0 Å². The van der Waals surface area contributed by atoms with Crippen molar-refractivity contribution in [1.29, 1.82) is 0 Å². The average Bonchev–Trinajstić information content (AvgIpc) is 2.29. The molecule has 1 fully saturated rings. The van der Waals surface area contributed by atoms with Gasteiger partial charge in [0.1, 0.15) is 0 Å². The van der Waals surface area contributed by atoms with Gasteiger partial charge in [0, 0.05) is 24.4 Å². The summed E-state index contributed by atoms with van der Waals surface area (Å²) in [5.74, 6) is 2.77. The van der Waals surface area contributed by atoms with Crippen LogP contribution in [0.1, 0.15) is 33.1 Å². The summed E-state index contributed by atoms with van der Waals surface area (Å²) in [7, 11) is 2.26. The molecule has 1 aliphatic rings. The molecule has 3 unspecified atom stereocenters. The van der Waals surface area contributed by atoms with Crippen molar-refractivity contribution in [3.05, 3.63) is 0 Å². The molecule has 3 heteroatoms. The lowest BCUT2D eigenvalue weighted by molar-refractivity contribution is 0.0188. The number of hydrogen-bond acceptors (Lipinski definition) is 3. The second-order valence-electron chi connectivity index (χ2n) is 5.51. The maximum Gasteiger partial charge on any atom is 0.0357 e. The molecule has 0 heterocycles. The summed E-state index contributed by atoms with van der Waals surface area (Å²) in [6.45, 7) is 6.73. The highest BCUT2D eigenvalue weighted by molar-refractivity contribution is 7.98. The van der Waals surface area contributed by atoms with Gasteiger partial charge in [0.2, 0.25) is 0 Å². The first kappa shape index (κ1) is 14.3. The molecule has 16 heavy (non-hydrogen) atoms. The molecule has 0 aliphatic heterocycles. The molecule has 1 rings (SSSR count). The highest BCUT2D eigenvalue weighted by Gasteiger charge is 2.42. The van der Waals surface area contributed by atoms with Crippen LogP contribution in [-0.4, -0.2) is 42.6 Å². The van der Waals surface area contributed by atoms with E-state index in [1.165, 1.54) is 25.0 Å². The first-order valence-electron chi connectivity index (χ1n) is 6.47. The van der Waals surface area contributed by atoms with E-state index in [9.17, 15) is 0 Å². The van der Waals surface area contributed by atoms with Gasteiger partial charge in [-0.05, 0) is 38.0 Å². The fourth-order valence-corrected chi connectivity index (χ4v) is 3.59. The van der Waals surface area contributed by atoms with Gasteiger partial charge in [-0.15, -0.1) is 0 Å². The Kier molecular flexibility index (Phi) is 5.62. The molecule has 1 aliphatic carbocycles. The molecule has 2 nitrogen and oxygen atoms in total. The Bertz CT molecular complexity index is 210. The molecule has 0 aromatic carbocycles. The molecule has 0 aromatic heterocycles. The summed E-state index contributed by atoms with van der Waals surface area (Å²) in [6.07, 6.45) is 6.16. The van der Waals surface area contributed by atoms with Crippen LogP contribution in [0.5, 0.6) is 0 Å². The largest absolute Gasteiger partial charge is 0.329 e. The number of hydrogen-bond donors (Lipinski definition) is 1. The van der Waals surface area contributed by atoms with Crippen molar-refractivity contribution in [3.8, 4) is 0 Å². The summed E-state index contributed by atoms with van der Waals surface area (Å²) >= 11 is 1.92. The van der Waals surface area contributed by atoms with Crippen LogP contribution in [0.25, 0.3) is 0 Å². The van der Waals surface area contributed by atoms with E-state index in [1.54, 1.807) is 0 Å². The summed E-state index contributed by atoms with van der Waals surface area (Å²) in [6, 6.07) is 0. The van der Waals surface area contributed by atoms with Crippen LogP contribution in [0.2, 0.25) is 0 Å². The van der Waals surface area contributed by atoms with Gasteiger partial charge in [0.05, 0.1) is 0 Å². The van der Waals surface area contributed by atoms with Gasteiger partial charge >= 0.3 is 0 Å². The molecule has 1 saturated carbocycles. The second-order valence-corrected chi connectivity index (χ2v) is 6.50.